The molecule has 1 fully saturated rings. The third-order valence-electron chi connectivity index (χ3n) is 2.77. The van der Waals surface area contributed by atoms with Gasteiger partial charge in [-0.1, -0.05) is 6.92 Å². The average Bonchev–Trinajstić information content (AvgIpc) is 3.05. The number of hydrogen-bond acceptors (Lipinski definition) is 3. The van der Waals surface area contributed by atoms with Gasteiger partial charge in [-0.2, -0.15) is 0 Å². The first-order chi connectivity index (χ1) is 7.54. The number of rotatable bonds is 7. The van der Waals surface area contributed by atoms with Crippen LogP contribution in [-0.4, -0.2) is 47.6 Å². The molecular weight excluding hydrogens is 208 g/mol. The van der Waals surface area contributed by atoms with Crippen molar-refractivity contribution in [2.75, 3.05) is 19.6 Å². The molecule has 5 heteroatoms. The zero-order valence-electron chi connectivity index (χ0n) is 9.90. The minimum Gasteiger partial charge on any atom is -0.481 e. The Balaban J connectivity index is 2.32. The number of amides is 1. The number of carbonyl (C=O) groups is 2. The van der Waals surface area contributed by atoms with Gasteiger partial charge in [-0.05, 0) is 19.8 Å². The molecule has 1 atom stereocenters. The van der Waals surface area contributed by atoms with E-state index in [9.17, 15) is 9.59 Å². The highest BCUT2D eigenvalue weighted by molar-refractivity contribution is 5.79. The lowest BCUT2D eigenvalue weighted by atomic mass is 10.1. The molecule has 0 spiro atoms. The van der Waals surface area contributed by atoms with Crippen LogP contribution in [-0.2, 0) is 9.59 Å². The Bertz CT molecular complexity index is 264. The molecule has 1 amide bonds. The summed E-state index contributed by atoms with van der Waals surface area (Å²) in [5, 5.41) is 11.9. The van der Waals surface area contributed by atoms with E-state index in [2.05, 4.69) is 5.32 Å². The fourth-order valence-electron chi connectivity index (χ4n) is 1.45. The summed E-state index contributed by atoms with van der Waals surface area (Å²) in [4.78, 5) is 24.0. The summed E-state index contributed by atoms with van der Waals surface area (Å²) < 4.78 is 0. The number of hydrogen-bond donors (Lipinski definition) is 2. The molecule has 0 aromatic heterocycles. The molecule has 92 valence electrons. The SMILES string of the molecule is CCN(CC(C)C(=O)O)C(=O)CNC1CC1. The van der Waals surface area contributed by atoms with Crippen LogP contribution in [0.1, 0.15) is 26.7 Å². The van der Waals surface area contributed by atoms with Gasteiger partial charge >= 0.3 is 5.97 Å². The number of nitrogens with zero attached hydrogens (tertiary/aromatic N) is 1. The number of carbonyl (C=O) groups excluding carboxylic acids is 1. The molecule has 2 N–H and O–H groups in total. The topological polar surface area (TPSA) is 69.6 Å². The first-order valence-electron chi connectivity index (χ1n) is 5.78. The van der Waals surface area contributed by atoms with Crippen molar-refractivity contribution in [3.05, 3.63) is 0 Å². The summed E-state index contributed by atoms with van der Waals surface area (Å²) in [6.45, 7) is 4.65. The Kier molecular flexibility index (Phi) is 4.73. The molecule has 1 aliphatic carbocycles. The molecule has 0 heterocycles. The van der Waals surface area contributed by atoms with Crippen molar-refractivity contribution in [3.63, 3.8) is 0 Å². The third-order valence-corrected chi connectivity index (χ3v) is 2.77. The first-order valence-corrected chi connectivity index (χ1v) is 5.78. The maximum Gasteiger partial charge on any atom is 0.308 e. The van der Waals surface area contributed by atoms with Crippen molar-refractivity contribution in [1.82, 2.24) is 10.2 Å². The maximum absolute atomic E-state index is 11.7. The van der Waals surface area contributed by atoms with Gasteiger partial charge in [0.1, 0.15) is 0 Å². The number of nitrogens with one attached hydrogen (secondary N) is 1. The fourth-order valence-corrected chi connectivity index (χ4v) is 1.45. The lowest BCUT2D eigenvalue weighted by molar-refractivity contribution is -0.142. The quantitative estimate of drug-likeness (QED) is 0.658. The van der Waals surface area contributed by atoms with Gasteiger partial charge in [-0.25, -0.2) is 0 Å². The van der Waals surface area contributed by atoms with Crippen molar-refractivity contribution in [1.29, 1.82) is 0 Å². The van der Waals surface area contributed by atoms with Crippen LogP contribution in [0, 0.1) is 5.92 Å². The largest absolute Gasteiger partial charge is 0.481 e. The normalized spacial score (nSPS) is 16.9. The highest BCUT2D eigenvalue weighted by Crippen LogP contribution is 2.18. The summed E-state index contributed by atoms with van der Waals surface area (Å²) in [5.41, 5.74) is 0. The van der Waals surface area contributed by atoms with E-state index < -0.39 is 11.9 Å². The van der Waals surface area contributed by atoms with Crippen molar-refractivity contribution in [3.8, 4) is 0 Å². The van der Waals surface area contributed by atoms with E-state index in [1.165, 1.54) is 0 Å². The predicted molar refractivity (Wildman–Crippen MR) is 60.1 cm³/mol. The number of likely N-dealkylation sites (N-methyl/N-ethyl adjacent to an activating group) is 1. The van der Waals surface area contributed by atoms with Gasteiger partial charge in [0.05, 0.1) is 12.5 Å². The third kappa shape index (κ3) is 4.18. The molecule has 16 heavy (non-hydrogen) atoms. The second-order valence-electron chi connectivity index (χ2n) is 4.33. The Morgan fingerprint density at radius 2 is 2.12 bits per heavy atom. The van der Waals surface area contributed by atoms with Gasteiger partial charge in [0, 0.05) is 19.1 Å². The number of carboxylic acids is 1. The maximum atomic E-state index is 11.7. The first kappa shape index (κ1) is 13.0. The summed E-state index contributed by atoms with van der Waals surface area (Å²) in [6.07, 6.45) is 2.29. The molecule has 0 radical (unpaired) electrons. The monoisotopic (exact) mass is 228 g/mol. The van der Waals surface area contributed by atoms with Crippen LogP contribution in [0.3, 0.4) is 0 Å². The van der Waals surface area contributed by atoms with Gasteiger partial charge in [0.15, 0.2) is 0 Å². The van der Waals surface area contributed by atoms with Crippen LogP contribution in [0.15, 0.2) is 0 Å². The minimum absolute atomic E-state index is 0.0116. The van der Waals surface area contributed by atoms with E-state index in [-0.39, 0.29) is 12.5 Å². The molecule has 0 bridgehead atoms. The fraction of sp³-hybridized carbons (Fsp3) is 0.818. The minimum atomic E-state index is -0.860. The second-order valence-corrected chi connectivity index (χ2v) is 4.33. The number of aliphatic carboxylic acids is 1. The van der Waals surface area contributed by atoms with Crippen LogP contribution in [0.2, 0.25) is 0 Å². The van der Waals surface area contributed by atoms with Crippen LogP contribution >= 0.6 is 0 Å². The highest BCUT2D eigenvalue weighted by atomic mass is 16.4. The molecule has 1 aliphatic rings. The molecule has 1 unspecified atom stereocenters. The second kappa shape index (κ2) is 5.84. The molecule has 0 aromatic carbocycles. The van der Waals surface area contributed by atoms with Gasteiger partial charge in [-0.3, -0.25) is 9.59 Å². The van der Waals surface area contributed by atoms with Crippen molar-refractivity contribution < 1.29 is 14.7 Å². The Morgan fingerprint density at radius 3 is 2.56 bits per heavy atom. The van der Waals surface area contributed by atoms with Gasteiger partial charge < -0.3 is 15.3 Å². The van der Waals surface area contributed by atoms with E-state index in [0.717, 1.165) is 12.8 Å². The van der Waals surface area contributed by atoms with Crippen molar-refractivity contribution >= 4 is 11.9 Å². The molecule has 0 saturated heterocycles. The lowest BCUT2D eigenvalue weighted by Crippen LogP contribution is -2.42. The van der Waals surface area contributed by atoms with E-state index >= 15 is 0 Å². The van der Waals surface area contributed by atoms with Gasteiger partial charge in [0.25, 0.3) is 0 Å². The number of carboxylic acid groups (broad SMARTS) is 1. The molecule has 1 saturated carbocycles. The van der Waals surface area contributed by atoms with Crippen LogP contribution in [0.5, 0.6) is 0 Å². The predicted octanol–water partition coefficient (Wildman–Crippen LogP) is 0.308. The van der Waals surface area contributed by atoms with E-state index in [0.29, 0.717) is 19.1 Å². The lowest BCUT2D eigenvalue weighted by Gasteiger charge is -2.23. The van der Waals surface area contributed by atoms with Gasteiger partial charge in [0.2, 0.25) is 5.91 Å². The molecule has 5 nitrogen and oxygen atoms in total. The smallest absolute Gasteiger partial charge is 0.308 e. The van der Waals surface area contributed by atoms with Gasteiger partial charge in [-0.15, -0.1) is 0 Å². The van der Waals surface area contributed by atoms with E-state index in [1.807, 2.05) is 6.92 Å². The molecular formula is C11H20N2O3. The van der Waals surface area contributed by atoms with Crippen LogP contribution in [0.4, 0.5) is 0 Å². The standard InChI is InChI=1S/C11H20N2O3/c1-3-13(7-8(2)11(15)16)10(14)6-12-9-4-5-9/h8-9,12H,3-7H2,1-2H3,(H,15,16). The van der Waals surface area contributed by atoms with E-state index in [1.54, 1.807) is 11.8 Å². The summed E-state index contributed by atoms with van der Waals surface area (Å²) in [6, 6.07) is 0.500. The Hall–Kier alpha value is -1.10. The van der Waals surface area contributed by atoms with Crippen molar-refractivity contribution in [2.24, 2.45) is 5.92 Å². The van der Waals surface area contributed by atoms with Crippen LogP contribution < -0.4 is 5.32 Å². The Labute approximate surface area is 95.8 Å². The van der Waals surface area contributed by atoms with E-state index in [4.69, 9.17) is 5.11 Å². The van der Waals surface area contributed by atoms with Crippen LogP contribution in [0.25, 0.3) is 0 Å². The molecule has 1 rings (SSSR count). The highest BCUT2D eigenvalue weighted by Gasteiger charge is 2.23. The average molecular weight is 228 g/mol. The molecule has 0 aliphatic heterocycles. The Morgan fingerprint density at radius 1 is 1.50 bits per heavy atom. The molecule has 0 aromatic rings. The zero-order valence-corrected chi connectivity index (χ0v) is 9.90. The van der Waals surface area contributed by atoms with Crippen molar-refractivity contribution in [2.45, 2.75) is 32.7 Å². The summed E-state index contributed by atoms with van der Waals surface area (Å²) >= 11 is 0. The summed E-state index contributed by atoms with van der Waals surface area (Å²) in [5.74, 6) is -1.38. The summed E-state index contributed by atoms with van der Waals surface area (Å²) in [7, 11) is 0. The zero-order chi connectivity index (χ0) is 12.1.